The van der Waals surface area contributed by atoms with E-state index in [1.807, 2.05) is 0 Å². The lowest BCUT2D eigenvalue weighted by Crippen LogP contribution is -2.48. The van der Waals surface area contributed by atoms with Crippen molar-refractivity contribution < 1.29 is 9.53 Å². The summed E-state index contributed by atoms with van der Waals surface area (Å²) in [5.74, 6) is 5.40. The topological polar surface area (TPSA) is 55.6 Å². The summed E-state index contributed by atoms with van der Waals surface area (Å²) in [6.07, 6.45) is 0.708. The van der Waals surface area contributed by atoms with Gasteiger partial charge in [-0.25, -0.2) is 5.01 Å². The molecule has 4 heteroatoms. The summed E-state index contributed by atoms with van der Waals surface area (Å²) in [4.78, 5) is 10.3. The van der Waals surface area contributed by atoms with Crippen molar-refractivity contribution in [3.05, 3.63) is 0 Å². The van der Waals surface area contributed by atoms with Crippen molar-refractivity contribution in [3.8, 4) is 0 Å². The lowest BCUT2D eigenvalue weighted by atomic mass is 10.3. The minimum Gasteiger partial charge on any atom is -0.351 e. The Bertz CT molecular complexity index is 128. The number of nitrogens with zero attached hydrogens (tertiary/aromatic N) is 1. The van der Waals surface area contributed by atoms with E-state index < -0.39 is 5.72 Å². The Hall–Kier alpha value is -0.450. The normalized spacial score (nSPS) is 37.1. The number of carbonyl (C=O) groups excluding carboxylic acids is 1. The number of hydrogen-bond acceptors (Lipinski definition) is 4. The minimum absolute atomic E-state index is 0.533. The standard InChI is InChI=1S/C5H10N2O2/c1-5(4-8)7(6)2-3-9-5/h4H,2-3,6H2,1H3. The van der Waals surface area contributed by atoms with Crippen LogP contribution < -0.4 is 5.84 Å². The first kappa shape index (κ1) is 6.67. The molecule has 1 fully saturated rings. The van der Waals surface area contributed by atoms with Crippen molar-refractivity contribution in [2.45, 2.75) is 12.6 Å². The molecule has 52 valence electrons. The van der Waals surface area contributed by atoms with Crippen LogP contribution in [0.3, 0.4) is 0 Å². The Morgan fingerprint density at radius 3 is 2.78 bits per heavy atom. The summed E-state index contributed by atoms with van der Waals surface area (Å²) >= 11 is 0. The number of nitrogens with two attached hydrogens (primary N) is 1. The summed E-state index contributed by atoms with van der Waals surface area (Å²) in [6, 6.07) is 0. The van der Waals surface area contributed by atoms with Crippen LogP contribution in [0.5, 0.6) is 0 Å². The molecule has 0 amide bonds. The van der Waals surface area contributed by atoms with Crippen LogP contribution >= 0.6 is 0 Å². The van der Waals surface area contributed by atoms with Gasteiger partial charge in [0.1, 0.15) is 0 Å². The van der Waals surface area contributed by atoms with Crippen LogP contribution in [0.25, 0.3) is 0 Å². The fourth-order valence-electron chi connectivity index (χ4n) is 0.757. The number of hydrazine groups is 1. The van der Waals surface area contributed by atoms with Crippen LogP contribution in [0, 0.1) is 0 Å². The molecule has 1 aliphatic heterocycles. The molecule has 1 unspecified atom stereocenters. The third kappa shape index (κ3) is 0.962. The second-order valence-corrected chi connectivity index (χ2v) is 2.21. The third-order valence-corrected chi connectivity index (χ3v) is 1.52. The van der Waals surface area contributed by atoms with E-state index in [0.717, 1.165) is 0 Å². The molecule has 0 bridgehead atoms. The van der Waals surface area contributed by atoms with Crippen LogP contribution in [-0.2, 0) is 9.53 Å². The van der Waals surface area contributed by atoms with E-state index in [9.17, 15) is 4.79 Å². The van der Waals surface area contributed by atoms with Gasteiger partial charge in [0.25, 0.3) is 0 Å². The molecule has 1 atom stereocenters. The third-order valence-electron chi connectivity index (χ3n) is 1.52. The van der Waals surface area contributed by atoms with Crippen LogP contribution in [0.1, 0.15) is 6.92 Å². The summed E-state index contributed by atoms with van der Waals surface area (Å²) in [7, 11) is 0. The fraction of sp³-hybridized carbons (Fsp3) is 0.800. The van der Waals surface area contributed by atoms with E-state index in [4.69, 9.17) is 10.6 Å². The number of hydrogen-bond donors (Lipinski definition) is 1. The van der Waals surface area contributed by atoms with Gasteiger partial charge >= 0.3 is 0 Å². The van der Waals surface area contributed by atoms with E-state index in [0.29, 0.717) is 19.4 Å². The van der Waals surface area contributed by atoms with Gasteiger partial charge in [-0.1, -0.05) is 0 Å². The predicted octanol–water partition coefficient (Wildman–Crippen LogP) is -0.893. The maximum absolute atomic E-state index is 10.3. The first-order valence-corrected chi connectivity index (χ1v) is 2.82. The van der Waals surface area contributed by atoms with Gasteiger partial charge in [-0.15, -0.1) is 0 Å². The molecule has 0 saturated carbocycles. The number of ether oxygens (including phenoxy) is 1. The zero-order valence-corrected chi connectivity index (χ0v) is 5.33. The predicted molar refractivity (Wildman–Crippen MR) is 31.3 cm³/mol. The molecule has 2 N–H and O–H groups in total. The SMILES string of the molecule is CC1(C=O)OCCN1N. The molecular formula is C5H10N2O2. The van der Waals surface area contributed by atoms with E-state index in [2.05, 4.69) is 0 Å². The van der Waals surface area contributed by atoms with E-state index in [1.165, 1.54) is 5.01 Å². The van der Waals surface area contributed by atoms with Crippen LogP contribution in [0.4, 0.5) is 0 Å². The summed E-state index contributed by atoms with van der Waals surface area (Å²) < 4.78 is 5.03. The Labute approximate surface area is 53.5 Å². The molecule has 0 aromatic rings. The van der Waals surface area contributed by atoms with E-state index in [1.54, 1.807) is 6.92 Å². The van der Waals surface area contributed by atoms with Crippen LogP contribution in [-0.4, -0.2) is 30.2 Å². The maximum atomic E-state index is 10.3. The average Bonchev–Trinajstić information content (AvgIpc) is 2.15. The Kier molecular flexibility index (Phi) is 1.52. The molecule has 0 radical (unpaired) electrons. The summed E-state index contributed by atoms with van der Waals surface area (Å²) in [6.45, 7) is 2.80. The van der Waals surface area contributed by atoms with Crippen molar-refractivity contribution in [2.24, 2.45) is 5.84 Å². The van der Waals surface area contributed by atoms with Crippen molar-refractivity contribution in [2.75, 3.05) is 13.2 Å². The largest absolute Gasteiger partial charge is 0.351 e. The van der Waals surface area contributed by atoms with Crippen LogP contribution in [0.2, 0.25) is 0 Å². The molecule has 0 aromatic carbocycles. The molecule has 1 heterocycles. The molecule has 4 nitrogen and oxygen atoms in total. The zero-order chi connectivity index (χ0) is 6.91. The monoisotopic (exact) mass is 130 g/mol. The van der Waals surface area contributed by atoms with Gasteiger partial charge in [0.15, 0.2) is 12.0 Å². The van der Waals surface area contributed by atoms with Gasteiger partial charge in [-0.2, -0.15) is 0 Å². The Morgan fingerprint density at radius 1 is 1.89 bits per heavy atom. The molecule has 1 aliphatic rings. The molecule has 1 saturated heterocycles. The lowest BCUT2D eigenvalue weighted by Gasteiger charge is -2.22. The van der Waals surface area contributed by atoms with Crippen LogP contribution in [0.15, 0.2) is 0 Å². The van der Waals surface area contributed by atoms with Gasteiger partial charge in [0, 0.05) is 6.54 Å². The van der Waals surface area contributed by atoms with Gasteiger partial charge in [0.05, 0.1) is 6.61 Å². The highest BCUT2D eigenvalue weighted by Gasteiger charge is 2.35. The highest BCUT2D eigenvalue weighted by molar-refractivity contribution is 5.61. The first-order chi connectivity index (χ1) is 4.19. The molecule has 1 rings (SSSR count). The lowest BCUT2D eigenvalue weighted by molar-refractivity contribution is -0.137. The highest BCUT2D eigenvalue weighted by Crippen LogP contribution is 2.15. The maximum Gasteiger partial charge on any atom is 0.187 e. The van der Waals surface area contributed by atoms with Crippen molar-refractivity contribution in [1.29, 1.82) is 0 Å². The molecule has 0 spiro atoms. The minimum atomic E-state index is -0.875. The van der Waals surface area contributed by atoms with Gasteiger partial charge < -0.3 is 4.74 Å². The average molecular weight is 130 g/mol. The van der Waals surface area contributed by atoms with E-state index in [-0.39, 0.29) is 0 Å². The zero-order valence-electron chi connectivity index (χ0n) is 5.33. The first-order valence-electron chi connectivity index (χ1n) is 2.82. The Morgan fingerprint density at radius 2 is 2.56 bits per heavy atom. The highest BCUT2D eigenvalue weighted by atomic mass is 16.5. The smallest absolute Gasteiger partial charge is 0.187 e. The summed E-state index contributed by atoms with van der Waals surface area (Å²) in [5, 5.41) is 1.39. The second kappa shape index (κ2) is 2.06. The molecular weight excluding hydrogens is 120 g/mol. The number of carbonyl (C=O) groups is 1. The van der Waals surface area contributed by atoms with Gasteiger partial charge in [0.2, 0.25) is 0 Å². The quantitative estimate of drug-likeness (QED) is 0.369. The molecule has 0 aliphatic carbocycles. The fourth-order valence-corrected chi connectivity index (χ4v) is 0.757. The van der Waals surface area contributed by atoms with Crippen molar-refractivity contribution >= 4 is 6.29 Å². The van der Waals surface area contributed by atoms with Crippen molar-refractivity contribution in [1.82, 2.24) is 5.01 Å². The van der Waals surface area contributed by atoms with E-state index >= 15 is 0 Å². The Balaban J connectivity index is 2.66. The van der Waals surface area contributed by atoms with Gasteiger partial charge in [-0.05, 0) is 6.92 Å². The van der Waals surface area contributed by atoms with Gasteiger partial charge in [-0.3, -0.25) is 10.6 Å². The summed E-state index contributed by atoms with van der Waals surface area (Å²) in [5.41, 5.74) is -0.875. The number of aldehydes is 1. The number of rotatable bonds is 1. The van der Waals surface area contributed by atoms with Crippen molar-refractivity contribution in [3.63, 3.8) is 0 Å². The molecule has 9 heavy (non-hydrogen) atoms. The molecule has 0 aromatic heterocycles. The second-order valence-electron chi connectivity index (χ2n) is 2.21.